The molecule has 2 rings (SSSR count). The molecule has 6 nitrogen and oxygen atoms in total. The van der Waals surface area contributed by atoms with E-state index in [1.54, 1.807) is 0 Å². The topological polar surface area (TPSA) is 87.5 Å². The number of hydrogen-bond acceptors (Lipinski definition) is 3. The van der Waals surface area contributed by atoms with Gasteiger partial charge < -0.3 is 10.1 Å². The summed E-state index contributed by atoms with van der Waals surface area (Å²) in [5.41, 5.74) is -0.800. The summed E-state index contributed by atoms with van der Waals surface area (Å²) in [7, 11) is 0. The summed E-state index contributed by atoms with van der Waals surface area (Å²) in [6.45, 7) is 0. The molecule has 0 saturated heterocycles. The van der Waals surface area contributed by atoms with E-state index in [0.29, 0.717) is 0 Å². The summed E-state index contributed by atoms with van der Waals surface area (Å²) in [5, 5.41) is 12.7. The van der Waals surface area contributed by atoms with E-state index in [9.17, 15) is 9.59 Å². The van der Waals surface area contributed by atoms with Crippen molar-refractivity contribution in [2.24, 2.45) is 0 Å². The van der Waals surface area contributed by atoms with E-state index in [1.807, 2.05) is 0 Å². The van der Waals surface area contributed by atoms with Crippen molar-refractivity contribution >= 4 is 23.2 Å². The van der Waals surface area contributed by atoms with Gasteiger partial charge in [0, 0.05) is 0 Å². The van der Waals surface area contributed by atoms with Crippen LogP contribution in [0.1, 0.15) is 10.4 Å². The van der Waals surface area contributed by atoms with Gasteiger partial charge in [0.1, 0.15) is 10.6 Å². The number of carbonyl (C=O) groups is 1. The van der Waals surface area contributed by atoms with Gasteiger partial charge in [0.25, 0.3) is 5.56 Å². The average molecular weight is 214 g/mol. The van der Waals surface area contributed by atoms with Crippen LogP contribution in [0, 0.1) is 0 Å². The lowest BCUT2D eigenvalue weighted by atomic mass is 10.3. The number of nitrogens with one attached hydrogen (secondary N) is 1. The van der Waals surface area contributed by atoms with Gasteiger partial charge in [0.15, 0.2) is 5.65 Å². The Morgan fingerprint density at radius 3 is 3.00 bits per heavy atom. The van der Waals surface area contributed by atoms with Crippen molar-refractivity contribution in [1.82, 2.24) is 14.6 Å². The number of fused-ring (bicyclic) bond motifs is 1. The molecular weight excluding hydrogens is 210 g/mol. The van der Waals surface area contributed by atoms with Crippen molar-refractivity contribution in [2.75, 3.05) is 0 Å². The molecule has 72 valence electrons. The van der Waals surface area contributed by atoms with Crippen molar-refractivity contribution in [3.8, 4) is 0 Å². The maximum atomic E-state index is 11.2. The number of rotatable bonds is 1. The zero-order chi connectivity index (χ0) is 10.3. The lowest BCUT2D eigenvalue weighted by Gasteiger charge is -1.95. The Labute approximate surface area is 81.7 Å². The summed E-state index contributed by atoms with van der Waals surface area (Å²) >= 11 is 5.68. The first-order chi connectivity index (χ1) is 6.59. The fourth-order valence-corrected chi connectivity index (χ4v) is 1.24. The molecule has 0 aliphatic heterocycles. The van der Waals surface area contributed by atoms with E-state index in [2.05, 4.69) is 10.1 Å². The Morgan fingerprint density at radius 2 is 2.36 bits per heavy atom. The van der Waals surface area contributed by atoms with Crippen molar-refractivity contribution in [1.29, 1.82) is 0 Å². The minimum atomic E-state index is -1.31. The largest absolute Gasteiger partial charge is 0.477 e. The molecule has 0 radical (unpaired) electrons. The fourth-order valence-electron chi connectivity index (χ4n) is 1.06. The van der Waals surface area contributed by atoms with E-state index in [-0.39, 0.29) is 16.2 Å². The number of nitrogens with zero attached hydrogens (tertiary/aromatic N) is 2. The highest BCUT2D eigenvalue weighted by Gasteiger charge is 2.11. The number of aromatic carboxylic acids is 1. The molecule has 0 spiro atoms. The number of hydrogen-bond donors (Lipinski definition) is 2. The standard InChI is InChI=1S/C7H4ClN3O3/c8-4-1-9-11-2-3(7(13)14)6(12)10-5(4)11/h1-2H,(H,10,12)(H,13,14). The van der Waals surface area contributed by atoms with Crippen LogP contribution in [0.15, 0.2) is 17.2 Å². The summed E-state index contributed by atoms with van der Waals surface area (Å²) in [6, 6.07) is 0. The highest BCUT2D eigenvalue weighted by Crippen LogP contribution is 2.12. The second-order valence-corrected chi connectivity index (χ2v) is 2.99. The number of H-pyrrole nitrogens is 1. The molecule has 0 aliphatic rings. The highest BCUT2D eigenvalue weighted by atomic mass is 35.5. The third-order valence-electron chi connectivity index (χ3n) is 1.71. The quantitative estimate of drug-likeness (QED) is 0.717. The van der Waals surface area contributed by atoms with Crippen LogP contribution in [0.3, 0.4) is 0 Å². The Morgan fingerprint density at radius 1 is 1.64 bits per heavy atom. The molecule has 2 aromatic heterocycles. The van der Waals surface area contributed by atoms with Crippen molar-refractivity contribution in [3.05, 3.63) is 33.3 Å². The van der Waals surface area contributed by atoms with Crippen LogP contribution in [0.2, 0.25) is 5.02 Å². The molecule has 0 aromatic carbocycles. The molecule has 0 atom stereocenters. The van der Waals surface area contributed by atoms with Crippen molar-refractivity contribution < 1.29 is 9.90 Å². The lowest BCUT2D eigenvalue weighted by Crippen LogP contribution is -2.19. The van der Waals surface area contributed by atoms with Crippen molar-refractivity contribution in [2.45, 2.75) is 0 Å². The number of carboxylic acid groups (broad SMARTS) is 1. The number of carboxylic acids is 1. The molecule has 0 amide bonds. The highest BCUT2D eigenvalue weighted by molar-refractivity contribution is 6.33. The van der Waals surface area contributed by atoms with Gasteiger partial charge in [-0.2, -0.15) is 5.10 Å². The zero-order valence-electron chi connectivity index (χ0n) is 6.69. The molecule has 0 bridgehead atoms. The third kappa shape index (κ3) is 1.16. The third-order valence-corrected chi connectivity index (χ3v) is 1.99. The number of halogens is 1. The SMILES string of the molecule is O=C(O)c1cn2ncc(Cl)c2[nH]c1=O. The van der Waals surface area contributed by atoms with Gasteiger partial charge in [-0.05, 0) is 0 Å². The molecule has 2 heterocycles. The molecule has 7 heteroatoms. The van der Waals surface area contributed by atoms with Crippen LogP contribution in [-0.4, -0.2) is 25.7 Å². The van der Waals surface area contributed by atoms with Crippen molar-refractivity contribution in [3.63, 3.8) is 0 Å². The van der Waals surface area contributed by atoms with E-state index in [4.69, 9.17) is 16.7 Å². The molecule has 0 unspecified atom stereocenters. The summed E-state index contributed by atoms with van der Waals surface area (Å²) < 4.78 is 1.20. The Kier molecular flexibility index (Phi) is 1.78. The van der Waals surface area contributed by atoms with E-state index >= 15 is 0 Å². The van der Waals surface area contributed by atoms with Crippen LogP contribution in [0.5, 0.6) is 0 Å². The minimum absolute atomic E-state index is 0.263. The predicted molar refractivity (Wildman–Crippen MR) is 47.8 cm³/mol. The predicted octanol–water partition coefficient (Wildman–Crippen LogP) is 0.374. The summed E-state index contributed by atoms with van der Waals surface area (Å²) in [6.07, 6.45) is 2.43. The van der Waals surface area contributed by atoms with Crippen LogP contribution >= 0.6 is 11.6 Å². The van der Waals surface area contributed by atoms with E-state index in [1.165, 1.54) is 10.7 Å². The fraction of sp³-hybridized carbons (Fsp3) is 0. The monoisotopic (exact) mass is 213 g/mol. The first-order valence-electron chi connectivity index (χ1n) is 3.59. The molecule has 0 aliphatic carbocycles. The average Bonchev–Trinajstić information content (AvgIpc) is 2.46. The first kappa shape index (κ1) is 8.76. The van der Waals surface area contributed by atoms with Gasteiger partial charge in [-0.1, -0.05) is 11.6 Å². The lowest BCUT2D eigenvalue weighted by molar-refractivity contribution is 0.0694. The van der Waals surface area contributed by atoms with Gasteiger partial charge in [0.2, 0.25) is 0 Å². The van der Waals surface area contributed by atoms with Crippen LogP contribution < -0.4 is 5.56 Å². The smallest absolute Gasteiger partial charge is 0.342 e. The molecular formula is C7H4ClN3O3. The minimum Gasteiger partial charge on any atom is -0.477 e. The number of aromatic amines is 1. The summed E-state index contributed by atoms with van der Waals surface area (Å²) in [5.74, 6) is -1.31. The van der Waals surface area contributed by atoms with E-state index in [0.717, 1.165) is 6.20 Å². The van der Waals surface area contributed by atoms with Crippen LogP contribution in [-0.2, 0) is 0 Å². The van der Waals surface area contributed by atoms with E-state index < -0.39 is 11.5 Å². The first-order valence-corrected chi connectivity index (χ1v) is 3.97. The second kappa shape index (κ2) is 2.85. The normalized spacial score (nSPS) is 10.6. The van der Waals surface area contributed by atoms with Gasteiger partial charge in [-0.3, -0.25) is 4.79 Å². The Bertz CT molecular complexity index is 571. The molecule has 0 fully saturated rings. The number of aromatic nitrogens is 3. The molecule has 0 saturated carbocycles. The Balaban J connectivity index is 2.86. The van der Waals surface area contributed by atoms with Gasteiger partial charge >= 0.3 is 5.97 Å². The van der Waals surface area contributed by atoms with Crippen LogP contribution in [0.4, 0.5) is 0 Å². The molecule has 14 heavy (non-hydrogen) atoms. The second-order valence-electron chi connectivity index (χ2n) is 2.59. The summed E-state index contributed by atoms with van der Waals surface area (Å²) in [4.78, 5) is 24.1. The zero-order valence-corrected chi connectivity index (χ0v) is 7.45. The van der Waals surface area contributed by atoms with Gasteiger partial charge in [-0.15, -0.1) is 0 Å². The Hall–Kier alpha value is -1.82. The maximum Gasteiger partial charge on any atom is 0.342 e. The van der Waals surface area contributed by atoms with Gasteiger partial charge in [-0.25, -0.2) is 9.31 Å². The molecule has 2 aromatic rings. The van der Waals surface area contributed by atoms with Crippen LogP contribution in [0.25, 0.3) is 5.65 Å². The maximum absolute atomic E-state index is 11.2. The molecule has 2 N–H and O–H groups in total. The van der Waals surface area contributed by atoms with Gasteiger partial charge in [0.05, 0.1) is 12.4 Å².